The number of hydrogen-bond acceptors (Lipinski definition) is 0. The first kappa shape index (κ1) is 60.7. The molecule has 0 fully saturated rings. The smallest absolute Gasteiger partial charge is 0.0107 e. The Hall–Kier alpha value is -9.50. The standard InChI is InChI=1S/2C44H29.C2H6Si.2ClH.Zr/c2*1-2-12-29(13-3-1)24-30-25-41-39(43-35-18-8-4-14-31(35)27-32-15-5-9-19-36(32)43)22-23-40(42(41)26-30)44-37-20-10-6-16-33(37)28-34-17-7-11-21-38(34)44;1-3-2;;;/h2*1-23,25-28H,24H2;1-2H3;2*1H;/q2*-1;;;;+4/p-2. The summed E-state index contributed by atoms with van der Waals surface area (Å²) in [7, 11) is 11.0. The van der Waals surface area contributed by atoms with Gasteiger partial charge in [-0.3, -0.25) is 0 Å². The van der Waals surface area contributed by atoms with Crippen molar-refractivity contribution in [3.63, 3.8) is 0 Å². The Bertz CT molecular complexity index is 4920. The molecule has 0 nitrogen and oxygen atoms in total. The van der Waals surface area contributed by atoms with E-state index < -0.39 is 20.8 Å². The minimum atomic E-state index is -0.826. The van der Waals surface area contributed by atoms with E-state index in [2.05, 4.69) is 341 Å². The van der Waals surface area contributed by atoms with Gasteiger partial charge in [0, 0.05) is 9.52 Å². The van der Waals surface area contributed by atoms with Crippen LogP contribution < -0.4 is 0 Å². The third-order valence-electron chi connectivity index (χ3n) is 18.6. The van der Waals surface area contributed by atoms with Crippen molar-refractivity contribution in [3.8, 4) is 44.5 Å². The van der Waals surface area contributed by atoms with Crippen molar-refractivity contribution in [2.45, 2.75) is 25.9 Å². The Morgan fingerprint density at radius 1 is 0.255 bits per heavy atom. The van der Waals surface area contributed by atoms with Gasteiger partial charge >= 0.3 is 37.9 Å². The van der Waals surface area contributed by atoms with E-state index in [0.29, 0.717) is 0 Å². The molecule has 2 radical (unpaired) electrons. The van der Waals surface area contributed by atoms with E-state index in [9.17, 15) is 0 Å². The molecule has 94 heavy (non-hydrogen) atoms. The fourth-order valence-electron chi connectivity index (χ4n) is 14.7. The molecule has 0 aromatic heterocycles. The monoisotopic (exact) mass is 1330 g/mol. The maximum Gasteiger partial charge on any atom is -0.0107 e. The molecule has 0 heterocycles. The molecule has 0 bridgehead atoms. The summed E-state index contributed by atoms with van der Waals surface area (Å²) in [5.41, 5.74) is 15.8. The molecule has 0 spiro atoms. The van der Waals surface area contributed by atoms with Gasteiger partial charge in [-0.1, -0.05) is 314 Å². The summed E-state index contributed by atoms with van der Waals surface area (Å²) in [6.07, 6.45) is 1.81. The van der Waals surface area contributed by atoms with Crippen molar-refractivity contribution in [2.24, 2.45) is 0 Å². The van der Waals surface area contributed by atoms with E-state index in [-0.39, 0.29) is 0 Å². The Morgan fingerprint density at radius 2 is 0.457 bits per heavy atom. The van der Waals surface area contributed by atoms with Crippen molar-refractivity contribution < 1.29 is 20.8 Å². The molecule has 0 aliphatic heterocycles. The zero-order chi connectivity index (χ0) is 63.5. The molecule has 0 aliphatic carbocycles. The van der Waals surface area contributed by atoms with E-state index in [1.807, 2.05) is 0 Å². The van der Waals surface area contributed by atoms with Crippen molar-refractivity contribution in [1.29, 1.82) is 0 Å². The molecule has 18 aromatic rings. The van der Waals surface area contributed by atoms with Crippen LogP contribution in [0.2, 0.25) is 13.1 Å². The van der Waals surface area contributed by atoms with Gasteiger partial charge < -0.3 is 0 Å². The van der Waals surface area contributed by atoms with E-state index >= 15 is 0 Å². The Balaban J connectivity index is 0.000000143. The van der Waals surface area contributed by atoms with Gasteiger partial charge in [0.25, 0.3) is 0 Å². The molecule has 0 unspecified atom stereocenters. The predicted molar refractivity (Wildman–Crippen MR) is 409 cm³/mol. The van der Waals surface area contributed by atoms with Gasteiger partial charge in [0.2, 0.25) is 0 Å². The average molecular weight is 1340 g/mol. The summed E-state index contributed by atoms with van der Waals surface area (Å²) in [6.45, 7) is 4.31. The third kappa shape index (κ3) is 11.7. The second-order valence-corrected chi connectivity index (χ2v) is 29.1. The molecule has 0 atom stereocenters. The van der Waals surface area contributed by atoms with Crippen LogP contribution in [0.5, 0.6) is 0 Å². The molecule has 446 valence electrons. The minimum Gasteiger partial charge on any atom is -0.164 e. The van der Waals surface area contributed by atoms with Crippen LogP contribution in [0.15, 0.2) is 328 Å². The van der Waals surface area contributed by atoms with Gasteiger partial charge in [-0.05, 0) is 157 Å². The van der Waals surface area contributed by atoms with Gasteiger partial charge in [0.15, 0.2) is 0 Å². The van der Waals surface area contributed by atoms with E-state index in [4.69, 9.17) is 17.0 Å². The van der Waals surface area contributed by atoms with Crippen molar-refractivity contribution >= 4 is 134 Å². The molecular formula is C90H64Cl2SiZr. The second-order valence-electron chi connectivity index (χ2n) is 24.4. The Kier molecular flexibility index (Phi) is 17.6. The molecule has 0 saturated heterocycles. The zero-order valence-corrected chi connectivity index (χ0v) is 57.3. The van der Waals surface area contributed by atoms with Crippen molar-refractivity contribution in [1.82, 2.24) is 0 Å². The van der Waals surface area contributed by atoms with Crippen LogP contribution in [0.25, 0.3) is 152 Å². The van der Waals surface area contributed by atoms with Gasteiger partial charge in [0.05, 0.1) is 0 Å². The number of rotatable bonds is 8. The quantitative estimate of drug-likeness (QED) is 0.0808. The maximum absolute atomic E-state index is 4.93. The predicted octanol–water partition coefficient (Wildman–Crippen LogP) is 26.4. The van der Waals surface area contributed by atoms with E-state index in [1.165, 1.54) is 174 Å². The van der Waals surface area contributed by atoms with Gasteiger partial charge in [-0.2, -0.15) is 12.1 Å². The van der Waals surface area contributed by atoms with Crippen LogP contribution in [-0.4, -0.2) is 9.52 Å². The van der Waals surface area contributed by atoms with Gasteiger partial charge in [-0.25, -0.2) is 0 Å². The summed E-state index contributed by atoms with van der Waals surface area (Å²) in [6, 6.07) is 121. The van der Waals surface area contributed by atoms with E-state index in [0.717, 1.165) is 22.4 Å². The third-order valence-corrected chi connectivity index (χ3v) is 18.6. The van der Waals surface area contributed by atoms with Crippen LogP contribution in [0.4, 0.5) is 0 Å². The molecule has 18 aromatic carbocycles. The largest absolute Gasteiger partial charge is 0.164 e. The number of benzene rings is 16. The molecule has 0 aliphatic rings. The number of halogens is 2. The first-order valence-corrected chi connectivity index (χ1v) is 40.5. The van der Waals surface area contributed by atoms with Gasteiger partial charge in [0.1, 0.15) is 0 Å². The Labute approximate surface area is 570 Å². The summed E-state index contributed by atoms with van der Waals surface area (Å²) >= 11 is -0.826. The molecular weight excluding hydrogens is 1270 g/mol. The molecule has 18 rings (SSSR count). The van der Waals surface area contributed by atoms with E-state index in [1.54, 1.807) is 0 Å². The van der Waals surface area contributed by atoms with Crippen LogP contribution in [0, 0.1) is 0 Å². The maximum atomic E-state index is 4.93. The number of fused-ring (bicyclic) bond motifs is 10. The first-order chi connectivity index (χ1) is 46.5. The second kappa shape index (κ2) is 27.2. The average Bonchev–Trinajstić information content (AvgIpc) is 1.29. The van der Waals surface area contributed by atoms with Crippen molar-refractivity contribution in [3.05, 3.63) is 350 Å². The van der Waals surface area contributed by atoms with Crippen molar-refractivity contribution in [2.75, 3.05) is 0 Å². The fraction of sp³-hybridized carbons (Fsp3) is 0.0444. The van der Waals surface area contributed by atoms with Crippen LogP contribution in [0.3, 0.4) is 0 Å². The van der Waals surface area contributed by atoms with Crippen LogP contribution >= 0.6 is 17.0 Å². The summed E-state index contributed by atoms with van der Waals surface area (Å²) in [4.78, 5) is 0. The van der Waals surface area contributed by atoms with Crippen LogP contribution in [-0.2, 0) is 33.7 Å². The molecule has 4 heteroatoms. The van der Waals surface area contributed by atoms with Gasteiger partial charge in [-0.15, -0.1) is 44.8 Å². The summed E-state index contributed by atoms with van der Waals surface area (Å²) in [5.74, 6) is 0. The first-order valence-electron chi connectivity index (χ1n) is 32.2. The summed E-state index contributed by atoms with van der Waals surface area (Å²) in [5, 5.41) is 25.8. The topological polar surface area (TPSA) is 0 Å². The Morgan fingerprint density at radius 3 is 0.702 bits per heavy atom. The molecule has 0 saturated carbocycles. The molecule has 0 amide bonds. The van der Waals surface area contributed by atoms with Crippen LogP contribution in [0.1, 0.15) is 22.3 Å². The number of hydrogen-bond donors (Lipinski definition) is 0. The zero-order valence-electron chi connectivity index (χ0n) is 52.3. The minimum absolute atomic E-state index is 0.826. The normalized spacial score (nSPS) is 11.3. The fourth-order valence-corrected chi connectivity index (χ4v) is 14.7. The SMILES string of the molecule is C[Si]C.[Cl][Zr+2][Cl].c1ccc(Cc2cc3c(-c4c5ccccc5cc5ccccc45)ccc(-c4c5ccccc5cc5ccccc45)c3[cH-]2)cc1.c1ccc(Cc2cc3c(-c4c5ccccc5cc5ccccc45)ccc(-c4c5ccccc5cc5ccccc45)c3[cH-]2)cc1. The molecule has 0 N–H and O–H groups in total. The summed E-state index contributed by atoms with van der Waals surface area (Å²) < 4.78 is 0.